The van der Waals surface area contributed by atoms with Crippen molar-refractivity contribution in [3.63, 3.8) is 0 Å². The molecule has 0 aliphatic heterocycles. The van der Waals surface area contributed by atoms with Crippen LogP contribution in [-0.2, 0) is 16.1 Å². The van der Waals surface area contributed by atoms with E-state index in [9.17, 15) is 9.59 Å². The normalized spacial score (nSPS) is 12.8. The van der Waals surface area contributed by atoms with Gasteiger partial charge in [0.15, 0.2) is 0 Å². The number of benzene rings is 2. The molecule has 192 valence electrons. The maximum absolute atomic E-state index is 13.3. The molecule has 0 aliphatic carbocycles. The van der Waals surface area contributed by atoms with Gasteiger partial charge in [-0.3, -0.25) is 9.59 Å². The lowest BCUT2D eigenvalue weighted by Crippen LogP contribution is -2.53. The molecule has 2 atom stereocenters. The Balaban J connectivity index is 1.88. The van der Waals surface area contributed by atoms with Crippen LogP contribution in [0.4, 0.5) is 0 Å². The Morgan fingerprint density at radius 2 is 1.69 bits per heavy atom. The number of H-pyrrole nitrogens is 1. The second-order valence-electron chi connectivity index (χ2n) is 9.61. The minimum Gasteiger partial charge on any atom is -0.352 e. The van der Waals surface area contributed by atoms with Crippen molar-refractivity contribution in [2.45, 2.75) is 78.9 Å². The van der Waals surface area contributed by atoms with Crippen LogP contribution in [0.1, 0.15) is 65.9 Å². The van der Waals surface area contributed by atoms with Gasteiger partial charge in [-0.15, -0.1) is 10.2 Å². The average molecular weight is 491 g/mol. The van der Waals surface area contributed by atoms with E-state index in [1.165, 1.54) is 0 Å². The number of amides is 2. The summed E-state index contributed by atoms with van der Waals surface area (Å²) in [5, 5.41) is 17.5. The molecule has 2 amide bonds. The third-order valence-corrected chi connectivity index (χ3v) is 6.43. The second kappa shape index (κ2) is 13.0. The van der Waals surface area contributed by atoms with Crippen molar-refractivity contribution in [2.24, 2.45) is 5.92 Å². The van der Waals surface area contributed by atoms with E-state index in [-0.39, 0.29) is 23.8 Å². The van der Waals surface area contributed by atoms with E-state index >= 15 is 0 Å². The zero-order valence-corrected chi connectivity index (χ0v) is 22.0. The monoisotopic (exact) mass is 490 g/mol. The number of rotatable bonds is 12. The van der Waals surface area contributed by atoms with E-state index in [2.05, 4.69) is 32.9 Å². The summed E-state index contributed by atoms with van der Waals surface area (Å²) in [7, 11) is 0. The first-order valence-electron chi connectivity index (χ1n) is 12.9. The summed E-state index contributed by atoms with van der Waals surface area (Å²) in [6.45, 7) is 10.5. The first-order chi connectivity index (χ1) is 17.3. The van der Waals surface area contributed by atoms with Gasteiger partial charge in [-0.25, -0.2) is 0 Å². The highest BCUT2D eigenvalue weighted by Crippen LogP contribution is 2.30. The molecule has 3 rings (SSSR count). The van der Waals surface area contributed by atoms with Gasteiger partial charge in [0, 0.05) is 24.6 Å². The highest BCUT2D eigenvalue weighted by Gasteiger charge is 2.32. The van der Waals surface area contributed by atoms with Gasteiger partial charge in [0.25, 0.3) is 0 Å². The van der Waals surface area contributed by atoms with Gasteiger partial charge in [0.2, 0.25) is 17.6 Å². The van der Waals surface area contributed by atoms with Crippen molar-refractivity contribution in [1.82, 2.24) is 30.8 Å². The van der Waals surface area contributed by atoms with Crippen molar-refractivity contribution < 1.29 is 9.59 Å². The summed E-state index contributed by atoms with van der Waals surface area (Å²) < 4.78 is 0. The number of nitrogens with one attached hydrogen (secondary N) is 2. The van der Waals surface area contributed by atoms with Gasteiger partial charge >= 0.3 is 0 Å². The predicted molar refractivity (Wildman–Crippen MR) is 142 cm³/mol. The molecule has 0 saturated heterocycles. The smallest absolute Gasteiger partial charge is 0.243 e. The molecule has 36 heavy (non-hydrogen) atoms. The molecule has 0 saturated carbocycles. The molecule has 8 heteroatoms. The summed E-state index contributed by atoms with van der Waals surface area (Å²) in [4.78, 5) is 28.3. The van der Waals surface area contributed by atoms with Crippen LogP contribution in [0.25, 0.3) is 22.5 Å². The Morgan fingerprint density at radius 1 is 1.00 bits per heavy atom. The molecule has 0 fully saturated rings. The van der Waals surface area contributed by atoms with E-state index in [0.717, 1.165) is 41.5 Å². The average Bonchev–Trinajstić information content (AvgIpc) is 3.42. The molecular weight excluding hydrogens is 452 g/mol. The zero-order valence-electron chi connectivity index (χ0n) is 22.0. The number of nitrogens with zero attached hydrogens (tertiary/aromatic N) is 4. The maximum atomic E-state index is 13.3. The third kappa shape index (κ3) is 6.77. The maximum Gasteiger partial charge on any atom is 0.243 e. The predicted octanol–water partition coefficient (Wildman–Crippen LogP) is 4.99. The molecule has 0 aliphatic rings. The van der Waals surface area contributed by atoms with Crippen LogP contribution in [0.15, 0.2) is 48.5 Å². The molecule has 1 heterocycles. The standard InChI is InChI=1S/C28H38N6O2/c1-6-8-13-25(35)34(26(19(3)4)28(36)29-20(5)7-2)18-21-14-16-22(17-15-21)23-11-9-10-12-24(23)27-30-32-33-31-27/h9-12,14-17,19-20,26H,6-8,13,18H2,1-5H3,(H,29,36)(H,30,31,32,33)/t20?,26-/m0/s1. The van der Waals surface area contributed by atoms with E-state index in [0.29, 0.717) is 18.8 Å². The fraction of sp³-hybridized carbons (Fsp3) is 0.464. The number of unbranched alkanes of at least 4 members (excludes halogenated alkanes) is 1. The van der Waals surface area contributed by atoms with E-state index in [1.807, 2.05) is 76.2 Å². The molecule has 2 N–H and O–H groups in total. The molecule has 3 aromatic rings. The number of hydrogen-bond donors (Lipinski definition) is 2. The Morgan fingerprint density at radius 3 is 2.28 bits per heavy atom. The molecule has 0 radical (unpaired) electrons. The largest absolute Gasteiger partial charge is 0.352 e. The number of carbonyl (C=O) groups is 2. The Labute approximate surface area is 213 Å². The van der Waals surface area contributed by atoms with E-state index < -0.39 is 6.04 Å². The highest BCUT2D eigenvalue weighted by atomic mass is 16.2. The topological polar surface area (TPSA) is 104 Å². The lowest BCUT2D eigenvalue weighted by atomic mass is 9.97. The van der Waals surface area contributed by atoms with Gasteiger partial charge in [0.05, 0.1) is 0 Å². The van der Waals surface area contributed by atoms with Crippen LogP contribution in [-0.4, -0.2) is 49.4 Å². The second-order valence-corrected chi connectivity index (χ2v) is 9.61. The van der Waals surface area contributed by atoms with Crippen molar-refractivity contribution in [1.29, 1.82) is 0 Å². The van der Waals surface area contributed by atoms with Crippen LogP contribution in [0.2, 0.25) is 0 Å². The van der Waals surface area contributed by atoms with E-state index in [4.69, 9.17) is 0 Å². The van der Waals surface area contributed by atoms with Gasteiger partial charge in [-0.2, -0.15) is 5.21 Å². The first kappa shape index (κ1) is 27.0. The number of carbonyl (C=O) groups excluding carboxylic acids is 2. The zero-order chi connectivity index (χ0) is 26.1. The Hall–Kier alpha value is -3.55. The summed E-state index contributed by atoms with van der Waals surface area (Å²) in [5.41, 5.74) is 3.87. The number of tetrazole rings is 1. The number of aromatic nitrogens is 4. The summed E-state index contributed by atoms with van der Waals surface area (Å²) >= 11 is 0. The van der Waals surface area contributed by atoms with Crippen LogP contribution in [0, 0.1) is 5.92 Å². The summed E-state index contributed by atoms with van der Waals surface area (Å²) in [5.74, 6) is 0.450. The molecular formula is C28H38N6O2. The molecule has 8 nitrogen and oxygen atoms in total. The quantitative estimate of drug-likeness (QED) is 0.372. The van der Waals surface area contributed by atoms with Crippen molar-refractivity contribution >= 4 is 11.8 Å². The van der Waals surface area contributed by atoms with Gasteiger partial charge < -0.3 is 10.2 Å². The van der Waals surface area contributed by atoms with Gasteiger partial charge in [-0.1, -0.05) is 82.6 Å². The molecule has 0 bridgehead atoms. The first-order valence-corrected chi connectivity index (χ1v) is 12.9. The minimum absolute atomic E-state index is 0.0132. The van der Waals surface area contributed by atoms with Crippen LogP contribution in [0.5, 0.6) is 0 Å². The van der Waals surface area contributed by atoms with Crippen LogP contribution >= 0.6 is 0 Å². The fourth-order valence-corrected chi connectivity index (χ4v) is 4.24. The fourth-order valence-electron chi connectivity index (χ4n) is 4.24. The summed E-state index contributed by atoms with van der Waals surface area (Å²) in [6.07, 6.45) is 3.01. The Kier molecular flexibility index (Phi) is 9.73. The van der Waals surface area contributed by atoms with Crippen molar-refractivity contribution in [3.8, 4) is 22.5 Å². The lowest BCUT2D eigenvalue weighted by molar-refractivity contribution is -0.143. The molecule has 1 aromatic heterocycles. The number of hydrogen-bond acceptors (Lipinski definition) is 5. The molecule has 1 unspecified atom stereocenters. The van der Waals surface area contributed by atoms with Crippen LogP contribution < -0.4 is 5.32 Å². The third-order valence-electron chi connectivity index (χ3n) is 6.43. The van der Waals surface area contributed by atoms with Crippen molar-refractivity contribution in [2.75, 3.05) is 0 Å². The minimum atomic E-state index is -0.526. The highest BCUT2D eigenvalue weighted by molar-refractivity contribution is 5.88. The van der Waals surface area contributed by atoms with Crippen molar-refractivity contribution in [3.05, 3.63) is 54.1 Å². The van der Waals surface area contributed by atoms with Gasteiger partial charge in [0.1, 0.15) is 6.04 Å². The number of aromatic amines is 1. The SMILES string of the molecule is CCCCC(=O)N(Cc1ccc(-c2ccccc2-c2nn[nH]n2)cc1)[C@H](C(=O)NC(C)CC)C(C)C. The van der Waals surface area contributed by atoms with E-state index in [1.54, 1.807) is 4.90 Å². The van der Waals surface area contributed by atoms with Crippen LogP contribution in [0.3, 0.4) is 0 Å². The van der Waals surface area contributed by atoms with Gasteiger partial charge in [-0.05, 0) is 47.6 Å². The molecule has 0 spiro atoms. The Bertz CT molecular complexity index is 1110. The summed E-state index contributed by atoms with van der Waals surface area (Å²) in [6, 6.07) is 15.6. The molecule has 2 aromatic carbocycles. The lowest BCUT2D eigenvalue weighted by Gasteiger charge is -2.34.